The number of carbonyl (C=O) groups is 2. The summed E-state index contributed by atoms with van der Waals surface area (Å²) in [6.45, 7) is 0. The number of hydrogen-bond donors (Lipinski definition) is 2. The largest absolute Gasteiger partial charge is 0.477 e. The van der Waals surface area contributed by atoms with Crippen molar-refractivity contribution in [1.29, 1.82) is 0 Å². The van der Waals surface area contributed by atoms with E-state index in [4.69, 9.17) is 0 Å². The van der Waals surface area contributed by atoms with Gasteiger partial charge in [0, 0.05) is 28.8 Å². The number of hydrogen-bond acceptors (Lipinski definition) is 3. The molecule has 0 bridgehead atoms. The van der Waals surface area contributed by atoms with Gasteiger partial charge in [0.25, 0.3) is 0 Å². The number of aromatic carboxylic acids is 1. The van der Waals surface area contributed by atoms with Gasteiger partial charge in [-0.3, -0.25) is 4.79 Å². The highest BCUT2D eigenvalue weighted by molar-refractivity contribution is 7.15. The van der Waals surface area contributed by atoms with Gasteiger partial charge < -0.3 is 10.4 Å². The molecule has 0 saturated carbocycles. The molecule has 0 spiro atoms. The number of rotatable bonds is 3. The summed E-state index contributed by atoms with van der Waals surface area (Å²) in [6.07, 6.45) is -0.113. The Hall–Kier alpha value is -3.13. The van der Waals surface area contributed by atoms with Crippen molar-refractivity contribution < 1.29 is 27.9 Å². The van der Waals surface area contributed by atoms with Crippen molar-refractivity contribution in [1.82, 2.24) is 0 Å². The van der Waals surface area contributed by atoms with Crippen LogP contribution < -0.4 is 5.32 Å². The second kappa shape index (κ2) is 6.79. The number of nitrogens with one attached hydrogen (secondary N) is 1. The second-order valence-electron chi connectivity index (χ2n) is 6.33. The van der Waals surface area contributed by atoms with Crippen molar-refractivity contribution in [3.8, 4) is 11.1 Å². The van der Waals surface area contributed by atoms with Crippen molar-refractivity contribution in [3.63, 3.8) is 0 Å². The van der Waals surface area contributed by atoms with E-state index in [1.807, 2.05) is 0 Å². The lowest BCUT2D eigenvalue weighted by Crippen LogP contribution is -2.23. The lowest BCUT2D eigenvalue weighted by Gasteiger charge is -2.24. The van der Waals surface area contributed by atoms with Crippen molar-refractivity contribution in [2.24, 2.45) is 0 Å². The number of carboxylic acids is 1. The van der Waals surface area contributed by atoms with Crippen molar-refractivity contribution in [3.05, 3.63) is 75.2 Å². The van der Waals surface area contributed by atoms with E-state index in [0.717, 1.165) is 23.5 Å². The molecule has 1 aromatic heterocycles. The standard InChI is InChI=1S/C20H12F3NO3S/c21-10-3-1-2-9(6-10)16-17-18(28-19(16)20(26)27)13(8-15(25)24-17)12-5-4-11(22)7-14(12)23/h1-7,13H,8H2,(H,24,25)(H,26,27). The molecule has 2 N–H and O–H groups in total. The number of halogens is 3. The first kappa shape index (κ1) is 18.2. The van der Waals surface area contributed by atoms with Crippen LogP contribution in [0.3, 0.4) is 0 Å². The molecule has 4 rings (SSSR count). The molecule has 142 valence electrons. The molecule has 0 saturated heterocycles. The van der Waals surface area contributed by atoms with Crippen molar-refractivity contribution in [2.75, 3.05) is 5.32 Å². The van der Waals surface area contributed by atoms with Crippen LogP contribution in [0.15, 0.2) is 42.5 Å². The zero-order valence-corrected chi connectivity index (χ0v) is 14.9. The predicted molar refractivity (Wildman–Crippen MR) is 98.1 cm³/mol. The molecule has 0 radical (unpaired) electrons. The summed E-state index contributed by atoms with van der Waals surface area (Å²) in [4.78, 5) is 24.4. The van der Waals surface area contributed by atoms with Crippen LogP contribution in [0.2, 0.25) is 0 Å². The summed E-state index contributed by atoms with van der Waals surface area (Å²) < 4.78 is 41.4. The van der Waals surface area contributed by atoms with Gasteiger partial charge in [-0.25, -0.2) is 18.0 Å². The molecule has 4 nitrogen and oxygen atoms in total. The third kappa shape index (κ3) is 3.05. The first-order valence-corrected chi connectivity index (χ1v) is 9.07. The number of fused-ring (bicyclic) bond motifs is 1. The maximum Gasteiger partial charge on any atom is 0.346 e. The van der Waals surface area contributed by atoms with Gasteiger partial charge >= 0.3 is 5.97 Å². The third-order valence-corrected chi connectivity index (χ3v) is 5.84. The number of carbonyl (C=O) groups excluding carboxylic acids is 1. The van der Waals surface area contributed by atoms with Gasteiger partial charge in [-0.2, -0.15) is 0 Å². The molecule has 28 heavy (non-hydrogen) atoms. The minimum Gasteiger partial charge on any atom is -0.477 e. The normalized spacial score (nSPS) is 15.8. The third-order valence-electron chi connectivity index (χ3n) is 4.55. The van der Waals surface area contributed by atoms with E-state index in [-0.39, 0.29) is 33.7 Å². The monoisotopic (exact) mass is 403 g/mol. The molecule has 0 aliphatic carbocycles. The SMILES string of the molecule is O=C1CC(c2ccc(F)cc2F)c2sc(C(=O)O)c(-c3cccc(F)c3)c2N1. The smallest absolute Gasteiger partial charge is 0.346 e. The Labute approximate surface area is 161 Å². The molecule has 1 aliphatic heterocycles. The Bertz CT molecular complexity index is 1130. The summed E-state index contributed by atoms with van der Waals surface area (Å²) in [5.74, 6) is -4.57. The van der Waals surface area contributed by atoms with E-state index in [2.05, 4.69) is 5.32 Å². The van der Waals surface area contributed by atoms with Crippen LogP contribution >= 0.6 is 11.3 Å². The summed E-state index contributed by atoms with van der Waals surface area (Å²) in [6, 6.07) is 8.42. The van der Waals surface area contributed by atoms with Gasteiger partial charge in [-0.15, -0.1) is 11.3 Å². The molecular formula is C20H12F3NO3S. The Morgan fingerprint density at radius 1 is 1.11 bits per heavy atom. The summed E-state index contributed by atoms with van der Waals surface area (Å²) in [5, 5.41) is 12.3. The molecule has 8 heteroatoms. The van der Waals surface area contributed by atoms with E-state index in [1.54, 1.807) is 0 Å². The molecule has 3 aromatic rings. The molecule has 1 aliphatic rings. The average molecular weight is 403 g/mol. The highest BCUT2D eigenvalue weighted by Crippen LogP contribution is 2.49. The van der Waals surface area contributed by atoms with Crippen LogP contribution in [0.5, 0.6) is 0 Å². The van der Waals surface area contributed by atoms with Gasteiger partial charge in [0.15, 0.2) is 0 Å². The van der Waals surface area contributed by atoms with Crippen LogP contribution in [0.1, 0.15) is 32.5 Å². The molecule has 1 amide bonds. The van der Waals surface area contributed by atoms with E-state index in [9.17, 15) is 27.9 Å². The fourth-order valence-corrected chi connectivity index (χ4v) is 4.63. The minimum atomic E-state index is -1.24. The highest BCUT2D eigenvalue weighted by atomic mass is 32.1. The summed E-state index contributed by atoms with van der Waals surface area (Å²) in [5.41, 5.74) is 0.780. The fraction of sp³-hybridized carbons (Fsp3) is 0.100. The van der Waals surface area contributed by atoms with Crippen LogP contribution in [0.25, 0.3) is 11.1 Å². The van der Waals surface area contributed by atoms with E-state index < -0.39 is 35.2 Å². The lowest BCUT2D eigenvalue weighted by molar-refractivity contribution is -0.116. The molecular weight excluding hydrogens is 391 g/mol. The maximum absolute atomic E-state index is 14.4. The highest BCUT2D eigenvalue weighted by Gasteiger charge is 2.35. The van der Waals surface area contributed by atoms with Crippen LogP contribution in [-0.4, -0.2) is 17.0 Å². The minimum absolute atomic E-state index is 0.0923. The van der Waals surface area contributed by atoms with Gasteiger partial charge in [-0.05, 0) is 29.3 Å². The van der Waals surface area contributed by atoms with E-state index in [1.165, 1.54) is 30.3 Å². The first-order valence-electron chi connectivity index (χ1n) is 8.26. The van der Waals surface area contributed by atoms with Crippen molar-refractivity contribution >= 4 is 28.9 Å². The zero-order chi connectivity index (χ0) is 20.0. The molecule has 1 atom stereocenters. The molecule has 2 aromatic carbocycles. The Morgan fingerprint density at radius 3 is 2.54 bits per heavy atom. The zero-order valence-electron chi connectivity index (χ0n) is 14.1. The Morgan fingerprint density at radius 2 is 1.86 bits per heavy atom. The van der Waals surface area contributed by atoms with Gasteiger partial charge in [0.2, 0.25) is 5.91 Å². The topological polar surface area (TPSA) is 66.4 Å². The Kier molecular flexibility index (Phi) is 4.43. The average Bonchev–Trinajstić information content (AvgIpc) is 3.01. The van der Waals surface area contributed by atoms with Crippen LogP contribution in [-0.2, 0) is 4.79 Å². The summed E-state index contributed by atoms with van der Waals surface area (Å²) in [7, 11) is 0. The lowest BCUT2D eigenvalue weighted by atomic mass is 9.88. The predicted octanol–water partition coefficient (Wildman–Crippen LogP) is 5.00. The van der Waals surface area contributed by atoms with E-state index >= 15 is 0 Å². The van der Waals surface area contributed by atoms with Crippen LogP contribution in [0, 0.1) is 17.5 Å². The number of anilines is 1. The number of thiophene rings is 1. The van der Waals surface area contributed by atoms with Gasteiger partial charge in [-0.1, -0.05) is 18.2 Å². The number of amides is 1. The Balaban J connectivity index is 1.96. The summed E-state index contributed by atoms with van der Waals surface area (Å²) >= 11 is 0.891. The molecule has 1 unspecified atom stereocenters. The van der Waals surface area contributed by atoms with Gasteiger partial charge in [0.05, 0.1) is 5.69 Å². The number of carboxylic acid groups (broad SMARTS) is 1. The molecule has 0 fully saturated rings. The molecule has 2 heterocycles. The second-order valence-corrected chi connectivity index (χ2v) is 7.38. The van der Waals surface area contributed by atoms with E-state index in [0.29, 0.717) is 4.88 Å². The fourth-order valence-electron chi connectivity index (χ4n) is 3.39. The van der Waals surface area contributed by atoms with Gasteiger partial charge in [0.1, 0.15) is 22.3 Å². The van der Waals surface area contributed by atoms with Crippen LogP contribution in [0.4, 0.5) is 18.9 Å². The number of benzene rings is 2. The quantitative estimate of drug-likeness (QED) is 0.647. The maximum atomic E-state index is 14.4. The van der Waals surface area contributed by atoms with Crippen molar-refractivity contribution in [2.45, 2.75) is 12.3 Å². The first-order chi connectivity index (χ1) is 13.3.